The molecule has 0 saturated carbocycles. The van der Waals surface area contributed by atoms with Crippen LogP contribution in [0.4, 0.5) is 0 Å². The van der Waals surface area contributed by atoms with E-state index < -0.39 is 0 Å². The third-order valence-electron chi connectivity index (χ3n) is 3.30. The fraction of sp³-hybridized carbons (Fsp3) is 0.538. The zero-order valence-electron chi connectivity index (χ0n) is 9.17. The highest BCUT2D eigenvalue weighted by molar-refractivity contribution is 5.42. The Morgan fingerprint density at radius 2 is 1.93 bits per heavy atom. The predicted molar refractivity (Wildman–Crippen MR) is 58.5 cm³/mol. The second-order valence-electron chi connectivity index (χ2n) is 4.58. The molecule has 0 aromatic heterocycles. The van der Waals surface area contributed by atoms with Crippen LogP contribution in [0.3, 0.4) is 0 Å². The normalized spacial score (nSPS) is 26.0. The maximum atomic E-state index is 9.95. The third-order valence-corrected chi connectivity index (χ3v) is 3.30. The van der Waals surface area contributed by atoms with Gasteiger partial charge in [0.25, 0.3) is 0 Å². The van der Waals surface area contributed by atoms with Gasteiger partial charge in [0.2, 0.25) is 0 Å². The topological polar surface area (TPSA) is 20.2 Å². The highest BCUT2D eigenvalue weighted by Gasteiger charge is 2.24. The molecular formula is C13H18O. The van der Waals surface area contributed by atoms with Crippen LogP contribution in [0.5, 0.6) is 0 Å². The summed E-state index contributed by atoms with van der Waals surface area (Å²) in [6, 6.07) is 4.40. The molecule has 0 radical (unpaired) electrons. The molecule has 1 aromatic rings. The first-order valence-corrected chi connectivity index (χ1v) is 5.38. The van der Waals surface area contributed by atoms with Crippen LogP contribution in [0, 0.1) is 13.8 Å². The van der Waals surface area contributed by atoms with Gasteiger partial charge >= 0.3 is 0 Å². The minimum Gasteiger partial charge on any atom is -0.388 e. The number of aliphatic hydroxyl groups is 1. The molecule has 2 rings (SSSR count). The van der Waals surface area contributed by atoms with Crippen LogP contribution in [0.25, 0.3) is 0 Å². The molecular weight excluding hydrogens is 172 g/mol. The van der Waals surface area contributed by atoms with Crippen LogP contribution in [-0.2, 0) is 0 Å². The Bertz CT molecular complexity index is 354. The Hall–Kier alpha value is -0.820. The molecule has 1 aliphatic rings. The van der Waals surface area contributed by atoms with Crippen LogP contribution < -0.4 is 0 Å². The van der Waals surface area contributed by atoms with Crippen molar-refractivity contribution in [2.45, 2.75) is 45.6 Å². The molecule has 1 nitrogen and oxygen atoms in total. The summed E-state index contributed by atoms with van der Waals surface area (Å²) in [6.07, 6.45) is 1.79. The molecule has 0 saturated heterocycles. The molecule has 0 amide bonds. The van der Waals surface area contributed by atoms with E-state index in [9.17, 15) is 5.11 Å². The first-order chi connectivity index (χ1) is 6.59. The smallest absolute Gasteiger partial charge is 0.0795 e. The van der Waals surface area contributed by atoms with Crippen molar-refractivity contribution in [3.05, 3.63) is 34.4 Å². The molecule has 2 atom stereocenters. The quantitative estimate of drug-likeness (QED) is 0.666. The molecule has 0 aliphatic heterocycles. The standard InChI is InChI=1S/C13H18O/c1-8-6-10(3)13-11(7-8)9(2)4-5-12(13)14/h6-7,9,12,14H,4-5H2,1-3H3. The second kappa shape index (κ2) is 3.39. The Labute approximate surface area is 85.8 Å². The van der Waals surface area contributed by atoms with Gasteiger partial charge in [0.15, 0.2) is 0 Å². The van der Waals surface area contributed by atoms with Crippen LogP contribution >= 0.6 is 0 Å². The zero-order valence-corrected chi connectivity index (χ0v) is 9.17. The van der Waals surface area contributed by atoms with E-state index in [2.05, 4.69) is 32.9 Å². The summed E-state index contributed by atoms with van der Waals surface area (Å²) in [5.74, 6) is 0.604. The van der Waals surface area contributed by atoms with Crippen molar-refractivity contribution in [3.63, 3.8) is 0 Å². The van der Waals surface area contributed by atoms with Gasteiger partial charge in [-0.3, -0.25) is 0 Å². The SMILES string of the molecule is Cc1cc(C)c2c(c1)C(C)CCC2O. The lowest BCUT2D eigenvalue weighted by molar-refractivity contribution is 0.151. The average molecular weight is 190 g/mol. The molecule has 0 spiro atoms. The molecule has 1 aromatic carbocycles. The highest BCUT2D eigenvalue weighted by atomic mass is 16.3. The fourth-order valence-electron chi connectivity index (χ4n) is 2.58. The largest absolute Gasteiger partial charge is 0.388 e. The maximum absolute atomic E-state index is 9.95. The van der Waals surface area contributed by atoms with Crippen LogP contribution in [0.2, 0.25) is 0 Å². The summed E-state index contributed by atoms with van der Waals surface area (Å²) < 4.78 is 0. The number of hydrogen-bond acceptors (Lipinski definition) is 1. The Morgan fingerprint density at radius 1 is 1.21 bits per heavy atom. The average Bonchev–Trinajstić information content (AvgIpc) is 2.10. The first kappa shape index (κ1) is 9.72. The predicted octanol–water partition coefficient (Wildman–Crippen LogP) is 3.23. The van der Waals surface area contributed by atoms with E-state index in [0.29, 0.717) is 5.92 Å². The van der Waals surface area contributed by atoms with Crippen LogP contribution in [0.15, 0.2) is 12.1 Å². The fourth-order valence-corrected chi connectivity index (χ4v) is 2.58. The molecule has 14 heavy (non-hydrogen) atoms. The lowest BCUT2D eigenvalue weighted by atomic mass is 9.79. The summed E-state index contributed by atoms with van der Waals surface area (Å²) in [5.41, 5.74) is 5.11. The minimum absolute atomic E-state index is 0.234. The van der Waals surface area contributed by atoms with Gasteiger partial charge in [0.05, 0.1) is 6.10 Å². The molecule has 1 aliphatic carbocycles. The van der Waals surface area contributed by atoms with Crippen LogP contribution in [0.1, 0.15) is 54.0 Å². The molecule has 0 heterocycles. The van der Waals surface area contributed by atoms with E-state index in [0.717, 1.165) is 12.8 Å². The number of fused-ring (bicyclic) bond motifs is 1. The van der Waals surface area contributed by atoms with E-state index in [1.807, 2.05) is 0 Å². The summed E-state index contributed by atoms with van der Waals surface area (Å²) in [5, 5.41) is 9.95. The van der Waals surface area contributed by atoms with Gasteiger partial charge in [-0.25, -0.2) is 0 Å². The van der Waals surface area contributed by atoms with E-state index in [4.69, 9.17) is 0 Å². The zero-order chi connectivity index (χ0) is 10.3. The van der Waals surface area contributed by atoms with Crippen molar-refractivity contribution >= 4 is 0 Å². The number of benzene rings is 1. The number of rotatable bonds is 0. The van der Waals surface area contributed by atoms with Gasteiger partial charge in [-0.2, -0.15) is 0 Å². The van der Waals surface area contributed by atoms with Gasteiger partial charge in [-0.05, 0) is 49.3 Å². The summed E-state index contributed by atoms with van der Waals surface area (Å²) in [7, 11) is 0. The Balaban J connectivity index is 2.60. The summed E-state index contributed by atoms with van der Waals surface area (Å²) in [4.78, 5) is 0. The number of hydrogen-bond donors (Lipinski definition) is 1. The van der Waals surface area contributed by atoms with Gasteiger partial charge in [0, 0.05) is 0 Å². The molecule has 0 bridgehead atoms. The van der Waals surface area contributed by atoms with Crippen molar-refractivity contribution in [1.82, 2.24) is 0 Å². The molecule has 2 unspecified atom stereocenters. The van der Waals surface area contributed by atoms with E-state index in [1.165, 1.54) is 22.3 Å². The van der Waals surface area contributed by atoms with Crippen molar-refractivity contribution in [2.24, 2.45) is 0 Å². The highest BCUT2D eigenvalue weighted by Crippen LogP contribution is 2.39. The molecule has 1 N–H and O–H groups in total. The van der Waals surface area contributed by atoms with Crippen molar-refractivity contribution < 1.29 is 5.11 Å². The first-order valence-electron chi connectivity index (χ1n) is 5.38. The molecule has 76 valence electrons. The van der Waals surface area contributed by atoms with Crippen molar-refractivity contribution in [2.75, 3.05) is 0 Å². The van der Waals surface area contributed by atoms with Gasteiger partial charge in [-0.1, -0.05) is 24.6 Å². The summed E-state index contributed by atoms with van der Waals surface area (Å²) in [6.45, 7) is 6.48. The summed E-state index contributed by atoms with van der Waals surface area (Å²) >= 11 is 0. The second-order valence-corrected chi connectivity index (χ2v) is 4.58. The molecule has 0 fully saturated rings. The van der Waals surface area contributed by atoms with Crippen LogP contribution in [-0.4, -0.2) is 5.11 Å². The lowest BCUT2D eigenvalue weighted by Gasteiger charge is -2.28. The van der Waals surface area contributed by atoms with Gasteiger partial charge in [-0.15, -0.1) is 0 Å². The number of aryl methyl sites for hydroxylation is 2. The van der Waals surface area contributed by atoms with E-state index >= 15 is 0 Å². The van der Waals surface area contributed by atoms with Crippen molar-refractivity contribution in [1.29, 1.82) is 0 Å². The number of aliphatic hydroxyl groups excluding tert-OH is 1. The van der Waals surface area contributed by atoms with Crippen molar-refractivity contribution in [3.8, 4) is 0 Å². The minimum atomic E-state index is -0.234. The maximum Gasteiger partial charge on any atom is 0.0795 e. The molecule has 1 heteroatoms. The van der Waals surface area contributed by atoms with Gasteiger partial charge < -0.3 is 5.11 Å². The van der Waals surface area contributed by atoms with Gasteiger partial charge in [0.1, 0.15) is 0 Å². The van der Waals surface area contributed by atoms with E-state index in [-0.39, 0.29) is 6.10 Å². The Kier molecular flexibility index (Phi) is 2.36. The van der Waals surface area contributed by atoms with E-state index in [1.54, 1.807) is 0 Å². The monoisotopic (exact) mass is 190 g/mol. The third kappa shape index (κ3) is 1.46. The Morgan fingerprint density at radius 3 is 2.64 bits per heavy atom. The lowest BCUT2D eigenvalue weighted by Crippen LogP contribution is -2.14.